The van der Waals surface area contributed by atoms with E-state index < -0.39 is 12.0 Å². The molecule has 1 N–H and O–H groups in total. The Morgan fingerprint density at radius 2 is 1.55 bits per heavy atom. The van der Waals surface area contributed by atoms with Gasteiger partial charge in [-0.25, -0.2) is 9.78 Å². The lowest BCUT2D eigenvalue weighted by Gasteiger charge is -2.24. The highest BCUT2D eigenvalue weighted by molar-refractivity contribution is 6.12. The number of fused-ring (bicyclic) bond motifs is 1. The van der Waals surface area contributed by atoms with Crippen molar-refractivity contribution in [2.24, 2.45) is 0 Å². The van der Waals surface area contributed by atoms with Crippen LogP contribution in [0.4, 0.5) is 10.5 Å². The van der Waals surface area contributed by atoms with Crippen LogP contribution in [-0.2, 0) is 4.74 Å². The smallest absolute Gasteiger partial charge is 0.433 e. The molecule has 0 bridgehead atoms. The van der Waals surface area contributed by atoms with Crippen molar-refractivity contribution < 1.29 is 19.1 Å². The number of hydrazine groups is 1. The number of pyridine rings is 1. The molecular weight excluding hydrogens is 418 g/mol. The molecule has 3 aromatic carbocycles. The molecule has 0 aliphatic rings. The standard InChI is InChI=1S/C26H23N3O4/c1-17-11-7-10-16-21(17)29(26(31)33-3)28-25(30)22-19-14-8-9-15-20(19)27-23(24(22)32-2)18-12-5-4-6-13-18/h4-16H,1-3H3,(H,28,30). The summed E-state index contributed by atoms with van der Waals surface area (Å²) in [5.41, 5.74) is 6.22. The van der Waals surface area contributed by atoms with Gasteiger partial charge in [-0.05, 0) is 24.6 Å². The van der Waals surface area contributed by atoms with Crippen molar-refractivity contribution in [1.29, 1.82) is 0 Å². The largest absolute Gasteiger partial charge is 0.494 e. The number of hydrogen-bond acceptors (Lipinski definition) is 5. The molecule has 1 heterocycles. The van der Waals surface area contributed by atoms with E-state index in [1.54, 1.807) is 18.2 Å². The minimum absolute atomic E-state index is 0.268. The lowest BCUT2D eigenvalue weighted by molar-refractivity contribution is 0.0939. The lowest BCUT2D eigenvalue weighted by Crippen LogP contribution is -2.47. The number of aromatic nitrogens is 1. The van der Waals surface area contributed by atoms with Crippen LogP contribution in [-0.4, -0.2) is 31.2 Å². The number of nitrogens with zero attached hydrogens (tertiary/aromatic N) is 2. The van der Waals surface area contributed by atoms with Gasteiger partial charge < -0.3 is 9.47 Å². The molecule has 1 aromatic heterocycles. The van der Waals surface area contributed by atoms with E-state index in [1.807, 2.05) is 67.6 Å². The summed E-state index contributed by atoms with van der Waals surface area (Å²) >= 11 is 0. The summed E-state index contributed by atoms with van der Waals surface area (Å²) in [6.45, 7) is 1.84. The second-order valence-corrected chi connectivity index (χ2v) is 7.28. The lowest BCUT2D eigenvalue weighted by atomic mass is 10.0. The van der Waals surface area contributed by atoms with Crippen molar-refractivity contribution in [3.63, 3.8) is 0 Å². The number of rotatable bonds is 4. The molecule has 2 amide bonds. The number of ether oxygens (including phenoxy) is 2. The number of amides is 2. The summed E-state index contributed by atoms with van der Waals surface area (Å²) in [6.07, 6.45) is -0.724. The number of carbonyl (C=O) groups is 2. The van der Waals surface area contributed by atoms with Crippen LogP contribution < -0.4 is 15.2 Å². The molecule has 0 atom stereocenters. The van der Waals surface area contributed by atoms with Crippen LogP contribution in [0.15, 0.2) is 78.9 Å². The van der Waals surface area contributed by atoms with Gasteiger partial charge in [-0.2, -0.15) is 5.01 Å². The minimum atomic E-state index is -0.724. The first kappa shape index (κ1) is 21.8. The van der Waals surface area contributed by atoms with Crippen molar-refractivity contribution in [2.45, 2.75) is 6.92 Å². The third-order valence-electron chi connectivity index (χ3n) is 5.25. The third kappa shape index (κ3) is 4.21. The van der Waals surface area contributed by atoms with E-state index in [0.29, 0.717) is 28.0 Å². The summed E-state index contributed by atoms with van der Waals surface area (Å²) in [6, 6.07) is 24.0. The Morgan fingerprint density at radius 1 is 0.879 bits per heavy atom. The SMILES string of the molecule is COC(=O)N(NC(=O)c1c(OC)c(-c2ccccc2)nc2ccccc12)c1ccccc1C. The number of benzene rings is 3. The Hall–Kier alpha value is -4.39. The summed E-state index contributed by atoms with van der Waals surface area (Å²) in [5, 5.41) is 1.69. The van der Waals surface area contributed by atoms with E-state index >= 15 is 0 Å². The maximum absolute atomic E-state index is 13.7. The zero-order valence-corrected chi connectivity index (χ0v) is 18.5. The molecule has 7 heteroatoms. The average molecular weight is 441 g/mol. The Morgan fingerprint density at radius 3 is 2.24 bits per heavy atom. The zero-order chi connectivity index (χ0) is 23.4. The van der Waals surface area contributed by atoms with Gasteiger partial charge in [0.15, 0.2) is 5.75 Å². The Kier molecular flexibility index (Phi) is 6.22. The molecule has 0 unspecified atom stereocenters. The van der Waals surface area contributed by atoms with E-state index in [9.17, 15) is 9.59 Å². The van der Waals surface area contributed by atoms with E-state index in [0.717, 1.165) is 16.1 Å². The predicted molar refractivity (Wildman–Crippen MR) is 127 cm³/mol. The molecule has 33 heavy (non-hydrogen) atoms. The summed E-state index contributed by atoms with van der Waals surface area (Å²) < 4.78 is 10.6. The molecule has 4 rings (SSSR count). The number of para-hydroxylation sites is 2. The molecule has 0 saturated heterocycles. The van der Waals surface area contributed by atoms with Crippen molar-refractivity contribution in [3.05, 3.63) is 90.0 Å². The fraction of sp³-hybridized carbons (Fsp3) is 0.115. The van der Waals surface area contributed by atoms with E-state index in [4.69, 9.17) is 14.5 Å². The fourth-order valence-corrected chi connectivity index (χ4v) is 3.68. The first-order valence-corrected chi connectivity index (χ1v) is 10.3. The second kappa shape index (κ2) is 9.40. The maximum Gasteiger partial charge on any atom is 0.433 e. The van der Waals surface area contributed by atoms with Crippen molar-refractivity contribution in [1.82, 2.24) is 10.4 Å². The van der Waals surface area contributed by atoms with Gasteiger partial charge in [0.2, 0.25) is 0 Å². The fourth-order valence-electron chi connectivity index (χ4n) is 3.68. The molecule has 7 nitrogen and oxygen atoms in total. The summed E-state index contributed by atoms with van der Waals surface area (Å²) in [5.74, 6) is -0.219. The first-order chi connectivity index (χ1) is 16.0. The van der Waals surface area contributed by atoms with Crippen molar-refractivity contribution in [2.75, 3.05) is 19.2 Å². The second-order valence-electron chi connectivity index (χ2n) is 7.28. The average Bonchev–Trinajstić information content (AvgIpc) is 2.86. The normalized spacial score (nSPS) is 10.5. The van der Waals surface area contributed by atoms with Gasteiger partial charge in [-0.1, -0.05) is 66.7 Å². The molecule has 166 valence electrons. The third-order valence-corrected chi connectivity index (χ3v) is 5.25. The molecule has 4 aromatic rings. The van der Waals surface area contributed by atoms with Crippen LogP contribution in [0, 0.1) is 6.92 Å². The topological polar surface area (TPSA) is 80.8 Å². The zero-order valence-electron chi connectivity index (χ0n) is 18.5. The quantitative estimate of drug-likeness (QED) is 0.444. The van der Waals surface area contributed by atoms with Crippen molar-refractivity contribution in [3.8, 4) is 17.0 Å². The summed E-state index contributed by atoms with van der Waals surface area (Å²) in [4.78, 5) is 31.0. The first-order valence-electron chi connectivity index (χ1n) is 10.3. The highest BCUT2D eigenvalue weighted by Crippen LogP contribution is 2.36. The van der Waals surface area contributed by atoms with Gasteiger partial charge >= 0.3 is 6.09 Å². The van der Waals surface area contributed by atoms with E-state index in [1.165, 1.54) is 14.2 Å². The van der Waals surface area contributed by atoms with Crippen LogP contribution in [0.1, 0.15) is 15.9 Å². The van der Waals surface area contributed by atoms with Gasteiger partial charge in [0.1, 0.15) is 5.69 Å². The number of hydrogen-bond donors (Lipinski definition) is 1. The Bertz CT molecular complexity index is 1320. The molecule has 0 radical (unpaired) electrons. The van der Waals surface area contributed by atoms with Crippen LogP contribution >= 0.6 is 0 Å². The predicted octanol–water partition coefficient (Wildman–Crippen LogP) is 5.14. The highest BCUT2D eigenvalue weighted by Gasteiger charge is 2.27. The van der Waals surface area contributed by atoms with Crippen LogP contribution in [0.2, 0.25) is 0 Å². The number of anilines is 1. The number of methoxy groups -OCH3 is 2. The van der Waals surface area contributed by atoms with Gasteiger partial charge in [0, 0.05) is 10.9 Å². The van der Waals surface area contributed by atoms with Gasteiger partial charge in [-0.15, -0.1) is 0 Å². The molecular formula is C26H23N3O4. The van der Waals surface area contributed by atoms with Crippen LogP contribution in [0.25, 0.3) is 22.2 Å². The molecule has 0 fully saturated rings. The maximum atomic E-state index is 13.7. The van der Waals surface area contributed by atoms with E-state index in [-0.39, 0.29) is 5.56 Å². The molecule has 0 aliphatic carbocycles. The highest BCUT2D eigenvalue weighted by atomic mass is 16.5. The number of carbonyl (C=O) groups excluding carboxylic acids is 2. The van der Waals surface area contributed by atoms with Gasteiger partial charge in [0.05, 0.1) is 31.0 Å². The van der Waals surface area contributed by atoms with Crippen molar-refractivity contribution >= 4 is 28.6 Å². The number of aryl methyl sites for hydroxylation is 1. The summed E-state index contributed by atoms with van der Waals surface area (Å²) in [7, 11) is 2.75. The monoisotopic (exact) mass is 441 g/mol. The molecule has 0 saturated carbocycles. The molecule has 0 aliphatic heterocycles. The van der Waals surface area contributed by atoms with Gasteiger partial charge in [-0.3, -0.25) is 10.2 Å². The van der Waals surface area contributed by atoms with Crippen LogP contribution in [0.5, 0.6) is 5.75 Å². The minimum Gasteiger partial charge on any atom is -0.494 e. The van der Waals surface area contributed by atoms with E-state index in [2.05, 4.69) is 5.43 Å². The Balaban J connectivity index is 1.88. The Labute approximate surface area is 191 Å². The van der Waals surface area contributed by atoms with Crippen LogP contribution in [0.3, 0.4) is 0 Å². The number of nitrogens with one attached hydrogen (secondary N) is 1. The molecule has 0 spiro atoms. The van der Waals surface area contributed by atoms with Gasteiger partial charge in [0.25, 0.3) is 5.91 Å².